The van der Waals surface area contributed by atoms with E-state index in [0.717, 1.165) is 0 Å². The summed E-state index contributed by atoms with van der Waals surface area (Å²) in [6.45, 7) is 1.87. The van der Waals surface area contributed by atoms with E-state index in [0.29, 0.717) is 11.3 Å². The molecule has 2 rings (SSSR count). The Morgan fingerprint density at radius 1 is 0.929 bits per heavy atom. The molecule has 0 aliphatic rings. The highest BCUT2D eigenvalue weighted by Gasteiger charge is 2.34. The maximum Gasteiger partial charge on any atom is 0.321 e. The van der Waals surface area contributed by atoms with Crippen molar-refractivity contribution in [3.05, 3.63) is 53.6 Å². The van der Waals surface area contributed by atoms with Gasteiger partial charge >= 0.3 is 15.1 Å². The number of esters is 1. The number of hydrogen-bond donors (Lipinski definition) is 0. The van der Waals surface area contributed by atoms with Crippen LogP contribution in [0.4, 0.5) is 0 Å². The first-order chi connectivity index (χ1) is 13.6. The van der Waals surface area contributed by atoms with E-state index in [9.17, 15) is 9.59 Å². The van der Waals surface area contributed by atoms with Crippen LogP contribution in [-0.2, 0) is 14.1 Å². The average Bonchev–Trinajstić information content (AvgIpc) is 2.75. The molecular formula is C20H24O7P+. The van der Waals surface area contributed by atoms with Gasteiger partial charge < -0.3 is 18.9 Å². The van der Waals surface area contributed by atoms with Crippen LogP contribution in [0, 0.1) is 0 Å². The molecule has 0 saturated carbocycles. The van der Waals surface area contributed by atoms with Crippen LogP contribution in [0.3, 0.4) is 0 Å². The molecule has 0 N–H and O–H groups in total. The fourth-order valence-electron chi connectivity index (χ4n) is 2.66. The van der Waals surface area contributed by atoms with Crippen molar-refractivity contribution >= 4 is 20.9 Å². The zero-order chi connectivity index (χ0) is 21.1. The summed E-state index contributed by atoms with van der Waals surface area (Å²) in [5.41, 5.74) is 0.702. The van der Waals surface area contributed by atoms with E-state index in [2.05, 4.69) is 0 Å². The van der Waals surface area contributed by atoms with E-state index < -0.39 is 17.7 Å². The largest absolute Gasteiger partial charge is 0.496 e. The van der Waals surface area contributed by atoms with E-state index >= 15 is 0 Å². The van der Waals surface area contributed by atoms with Gasteiger partial charge in [-0.15, -0.1) is 0 Å². The number of hydrogen-bond acceptors (Lipinski definition) is 7. The molecule has 2 atom stereocenters. The molecule has 2 aromatic carbocycles. The molecule has 0 aliphatic carbocycles. The lowest BCUT2D eigenvalue weighted by molar-refractivity contribution is -0.143. The highest BCUT2D eigenvalue weighted by molar-refractivity contribution is 7.00. The molecule has 0 aliphatic heterocycles. The fraction of sp³-hybridized carbons (Fsp3) is 0.300. The third-order valence-electron chi connectivity index (χ3n) is 3.88. The lowest BCUT2D eigenvalue weighted by Gasteiger charge is -2.19. The van der Waals surface area contributed by atoms with Gasteiger partial charge in [-0.05, 0) is 12.5 Å². The minimum Gasteiger partial charge on any atom is -0.496 e. The van der Waals surface area contributed by atoms with Gasteiger partial charge in [0, 0.05) is 12.1 Å². The minimum atomic E-state index is -1.12. The van der Waals surface area contributed by atoms with Gasteiger partial charge in [-0.25, -0.2) is 0 Å². The number of ketones is 1. The van der Waals surface area contributed by atoms with Crippen molar-refractivity contribution in [2.24, 2.45) is 0 Å². The zero-order valence-corrected chi connectivity index (χ0v) is 17.4. The van der Waals surface area contributed by atoms with Crippen LogP contribution < -0.4 is 14.2 Å². The van der Waals surface area contributed by atoms with Crippen LogP contribution in [0.5, 0.6) is 17.2 Å². The number of Topliss-reactive ketones (excluding diaryl/α,β-unsaturated/α-hetero) is 1. The predicted octanol–water partition coefficient (Wildman–Crippen LogP) is 3.45. The highest BCUT2D eigenvalue weighted by atomic mass is 31.0. The Kier molecular flexibility index (Phi) is 9.68. The topological polar surface area (TPSA) is 88.1 Å². The minimum absolute atomic E-state index is 0.165. The Labute approximate surface area is 166 Å². The molecule has 0 aromatic heterocycles. The quantitative estimate of drug-likeness (QED) is 0.287. The van der Waals surface area contributed by atoms with Crippen molar-refractivity contribution in [1.29, 1.82) is 0 Å². The van der Waals surface area contributed by atoms with Crippen molar-refractivity contribution in [2.75, 3.05) is 27.9 Å². The van der Waals surface area contributed by atoms with Crippen LogP contribution in [0.1, 0.15) is 28.8 Å². The molecule has 0 radical (unpaired) electrons. The van der Waals surface area contributed by atoms with Crippen molar-refractivity contribution in [3.8, 4) is 17.2 Å². The molecule has 0 fully saturated rings. The molecule has 0 heterocycles. The molecule has 2 aromatic rings. The second-order valence-corrected chi connectivity index (χ2v) is 5.37. The van der Waals surface area contributed by atoms with Crippen molar-refractivity contribution in [2.45, 2.75) is 12.8 Å². The van der Waals surface area contributed by atoms with Gasteiger partial charge in [0.1, 0.15) is 28.7 Å². The van der Waals surface area contributed by atoms with Gasteiger partial charge in [0.05, 0.1) is 27.9 Å². The Morgan fingerprint density at radius 3 is 1.89 bits per heavy atom. The molecule has 2 unspecified atom stereocenters. The molecule has 0 saturated heterocycles. The molecule has 8 heteroatoms. The third-order valence-corrected chi connectivity index (χ3v) is 3.88. The van der Waals surface area contributed by atoms with E-state index in [1.165, 1.54) is 30.4 Å². The van der Waals surface area contributed by atoms with E-state index in [-0.39, 0.29) is 23.7 Å². The summed E-state index contributed by atoms with van der Waals surface area (Å²) in [5.74, 6) is -1.21. The molecule has 28 heavy (non-hydrogen) atoms. The van der Waals surface area contributed by atoms with Gasteiger partial charge in [-0.2, -0.15) is 0 Å². The second kappa shape index (κ2) is 11.7. The molecule has 7 nitrogen and oxygen atoms in total. The summed E-state index contributed by atoms with van der Waals surface area (Å²) in [6, 6.07) is 11.9. The first-order valence-electron chi connectivity index (χ1n) is 8.36. The van der Waals surface area contributed by atoms with Crippen LogP contribution in [0.2, 0.25) is 0 Å². The Morgan fingerprint density at radius 2 is 1.46 bits per heavy atom. The average molecular weight is 407 g/mol. The summed E-state index contributed by atoms with van der Waals surface area (Å²) >= 11 is 0. The van der Waals surface area contributed by atoms with Crippen LogP contribution in [-0.4, -0.2) is 39.7 Å². The van der Waals surface area contributed by atoms with Crippen molar-refractivity contribution in [3.63, 3.8) is 0 Å². The maximum absolute atomic E-state index is 13.3. The fourth-order valence-corrected chi connectivity index (χ4v) is 2.66. The molecule has 0 amide bonds. The smallest absolute Gasteiger partial charge is 0.321 e. The maximum atomic E-state index is 13.3. The summed E-state index contributed by atoms with van der Waals surface area (Å²) < 4.78 is 29.2. The molecular weight excluding hydrogens is 383 g/mol. The third kappa shape index (κ3) is 5.30. The monoisotopic (exact) mass is 407 g/mol. The Bertz CT molecular complexity index is 767. The van der Waals surface area contributed by atoms with Crippen LogP contribution in [0.25, 0.3) is 0 Å². The first kappa shape index (κ1) is 23.1. The number of ether oxygens (including phenoxy) is 4. The summed E-state index contributed by atoms with van der Waals surface area (Å²) in [4.78, 5) is 25.9. The lowest BCUT2D eigenvalue weighted by Crippen LogP contribution is -2.25. The zero-order valence-electron chi connectivity index (χ0n) is 16.3. The Hall–Kier alpha value is -2.92. The van der Waals surface area contributed by atoms with Gasteiger partial charge in [0.2, 0.25) is 0 Å². The van der Waals surface area contributed by atoms with Crippen LogP contribution in [0.15, 0.2) is 42.5 Å². The molecule has 150 valence electrons. The van der Waals surface area contributed by atoms with Crippen LogP contribution >= 0.6 is 9.12 Å². The van der Waals surface area contributed by atoms with Crippen molar-refractivity contribution in [1.82, 2.24) is 0 Å². The summed E-state index contributed by atoms with van der Waals surface area (Å²) in [7, 11) is 5.54. The number of carbonyl (C=O) groups excluding carboxylic acids is 2. The van der Waals surface area contributed by atoms with E-state index in [1.54, 1.807) is 43.3 Å². The SMILES string of the molecule is CCOC(=O)C(C(=O)c1c(OC)cc(OC)cc1OC)c1ccccc1.O=[PH2+]. The predicted molar refractivity (Wildman–Crippen MR) is 107 cm³/mol. The number of benzene rings is 2. The highest BCUT2D eigenvalue weighted by Crippen LogP contribution is 2.37. The molecule has 0 bridgehead atoms. The van der Waals surface area contributed by atoms with Crippen molar-refractivity contribution < 1.29 is 33.1 Å². The molecule has 0 spiro atoms. The normalized spacial score (nSPS) is 10.7. The summed E-state index contributed by atoms with van der Waals surface area (Å²) in [5, 5.41) is 0. The van der Waals surface area contributed by atoms with E-state index in [1.807, 2.05) is 6.07 Å². The van der Waals surface area contributed by atoms with Gasteiger partial charge in [0.15, 0.2) is 5.78 Å². The van der Waals surface area contributed by atoms with Gasteiger partial charge in [0.25, 0.3) is 0 Å². The Balaban J connectivity index is 0.00000190. The van der Waals surface area contributed by atoms with E-state index in [4.69, 9.17) is 23.5 Å². The standard InChI is InChI=1S/C20H22O6.H2OP/c1-5-26-20(22)17(13-9-7-6-8-10-13)19(21)18-15(24-3)11-14(23-2)12-16(18)25-4;1-2/h6-12,17H,5H2,1-4H3;2H2/q;+1. The number of methoxy groups -OCH3 is 3. The van der Waals surface area contributed by atoms with Gasteiger partial charge in [-0.1, -0.05) is 34.9 Å². The second-order valence-electron chi connectivity index (χ2n) is 5.37. The number of carbonyl (C=O) groups is 2. The van der Waals surface area contributed by atoms with Gasteiger partial charge in [-0.3, -0.25) is 9.59 Å². The number of rotatable bonds is 8. The lowest BCUT2D eigenvalue weighted by atomic mass is 9.89. The first-order valence-corrected chi connectivity index (χ1v) is 8.83. The summed E-state index contributed by atoms with van der Waals surface area (Å²) in [6.07, 6.45) is 0.